The summed E-state index contributed by atoms with van der Waals surface area (Å²) < 4.78 is 27.4. The number of carbonyl (C=O) groups is 1. The Balaban J connectivity index is 2.29. The smallest absolute Gasteiger partial charge is 0.306 e. The number of amides is 1. The second-order valence-corrected chi connectivity index (χ2v) is 7.35. The van der Waals surface area contributed by atoms with Gasteiger partial charge in [-0.3, -0.25) is 9.69 Å². The van der Waals surface area contributed by atoms with Crippen LogP contribution in [0.4, 0.5) is 0 Å². The predicted molar refractivity (Wildman–Crippen MR) is 82.8 cm³/mol. The summed E-state index contributed by atoms with van der Waals surface area (Å²) in [7, 11) is -1.96. The molecule has 1 aromatic carbocycles. The van der Waals surface area contributed by atoms with Gasteiger partial charge in [0.1, 0.15) is 10.1 Å². The highest BCUT2D eigenvalue weighted by Gasteiger charge is 2.28. The molecule has 0 N–H and O–H groups in total. The van der Waals surface area contributed by atoms with Gasteiger partial charge in [-0.15, -0.1) is 0 Å². The van der Waals surface area contributed by atoms with Gasteiger partial charge in [-0.25, -0.2) is 0 Å². The average molecular weight is 329 g/mol. The number of hydrogen-bond donors (Lipinski definition) is 0. The van der Waals surface area contributed by atoms with Crippen molar-refractivity contribution in [2.75, 3.05) is 13.3 Å². The van der Waals surface area contributed by atoms with E-state index in [1.165, 1.54) is 22.7 Å². The number of benzene rings is 1. The van der Waals surface area contributed by atoms with E-state index in [1.807, 2.05) is 0 Å². The molecule has 1 aliphatic heterocycles. The van der Waals surface area contributed by atoms with Crippen LogP contribution in [0.25, 0.3) is 6.08 Å². The van der Waals surface area contributed by atoms with Crippen LogP contribution in [-0.4, -0.2) is 36.8 Å². The van der Waals surface area contributed by atoms with Crippen molar-refractivity contribution in [3.8, 4) is 5.75 Å². The summed E-state index contributed by atoms with van der Waals surface area (Å²) in [6, 6.07) is 6.48. The SMILES string of the molecule is CN1C(=O)/C(=C/c2cccc(OS(C)(=O)=O)c2)SC1=S. The highest BCUT2D eigenvalue weighted by atomic mass is 32.2. The number of thiocarbonyl (C=S) groups is 1. The molecule has 0 aromatic heterocycles. The predicted octanol–water partition coefficient (Wildman–Crippen LogP) is 1.86. The minimum absolute atomic E-state index is 0.172. The van der Waals surface area contributed by atoms with Crippen LogP contribution in [-0.2, 0) is 14.9 Å². The molecule has 0 aliphatic carbocycles. The Morgan fingerprint density at radius 1 is 1.40 bits per heavy atom. The molecule has 1 saturated heterocycles. The minimum Gasteiger partial charge on any atom is -0.383 e. The zero-order valence-electron chi connectivity index (χ0n) is 10.7. The van der Waals surface area contributed by atoms with Gasteiger partial charge >= 0.3 is 10.1 Å². The maximum atomic E-state index is 11.9. The molecule has 0 saturated carbocycles. The first-order chi connectivity index (χ1) is 9.26. The summed E-state index contributed by atoms with van der Waals surface area (Å²) >= 11 is 6.24. The quantitative estimate of drug-likeness (QED) is 0.479. The molecule has 0 radical (unpaired) electrons. The van der Waals surface area contributed by atoms with Crippen molar-refractivity contribution >= 4 is 50.4 Å². The van der Waals surface area contributed by atoms with Crippen molar-refractivity contribution < 1.29 is 17.4 Å². The molecule has 5 nitrogen and oxygen atoms in total. The van der Waals surface area contributed by atoms with E-state index in [0.29, 0.717) is 14.8 Å². The van der Waals surface area contributed by atoms with Crippen LogP contribution in [0.3, 0.4) is 0 Å². The number of thioether (sulfide) groups is 1. The summed E-state index contributed by atoms with van der Waals surface area (Å²) in [4.78, 5) is 13.7. The number of rotatable bonds is 3. The van der Waals surface area contributed by atoms with E-state index >= 15 is 0 Å². The van der Waals surface area contributed by atoms with Crippen molar-refractivity contribution in [3.63, 3.8) is 0 Å². The van der Waals surface area contributed by atoms with Crippen LogP contribution in [0.2, 0.25) is 0 Å². The van der Waals surface area contributed by atoms with Crippen LogP contribution < -0.4 is 4.18 Å². The van der Waals surface area contributed by atoms with E-state index in [0.717, 1.165) is 6.26 Å². The van der Waals surface area contributed by atoms with Gasteiger partial charge in [0, 0.05) is 7.05 Å². The molecule has 8 heteroatoms. The molecule has 20 heavy (non-hydrogen) atoms. The van der Waals surface area contributed by atoms with Crippen molar-refractivity contribution in [2.24, 2.45) is 0 Å². The summed E-state index contributed by atoms with van der Waals surface area (Å²) in [5, 5.41) is 0. The van der Waals surface area contributed by atoms with Crippen molar-refractivity contribution in [1.82, 2.24) is 4.90 Å². The van der Waals surface area contributed by atoms with Crippen molar-refractivity contribution in [3.05, 3.63) is 34.7 Å². The Hall–Kier alpha value is -1.38. The van der Waals surface area contributed by atoms with Gasteiger partial charge in [0.2, 0.25) is 0 Å². The Morgan fingerprint density at radius 2 is 2.10 bits per heavy atom. The molecule has 1 fully saturated rings. The van der Waals surface area contributed by atoms with Gasteiger partial charge in [-0.2, -0.15) is 8.42 Å². The zero-order valence-corrected chi connectivity index (χ0v) is 13.1. The third kappa shape index (κ3) is 3.59. The average Bonchev–Trinajstić information content (AvgIpc) is 2.55. The Labute approximate surface area is 126 Å². The minimum atomic E-state index is -3.57. The van der Waals surface area contributed by atoms with Gasteiger partial charge < -0.3 is 4.18 Å². The third-order valence-electron chi connectivity index (χ3n) is 2.39. The summed E-state index contributed by atoms with van der Waals surface area (Å²) in [5.74, 6) is 0.0302. The lowest BCUT2D eigenvalue weighted by Gasteiger charge is -2.04. The molecule has 0 bridgehead atoms. The number of nitrogens with zero attached hydrogens (tertiary/aromatic N) is 1. The molecule has 106 valence electrons. The molecule has 2 rings (SSSR count). The zero-order chi connectivity index (χ0) is 14.9. The van der Waals surface area contributed by atoms with Crippen LogP contribution in [0.1, 0.15) is 5.56 Å². The van der Waals surface area contributed by atoms with Crippen LogP contribution in [0, 0.1) is 0 Å². The first kappa shape index (κ1) is 15.0. The second-order valence-electron chi connectivity index (χ2n) is 4.10. The maximum absolute atomic E-state index is 11.9. The van der Waals surface area contributed by atoms with Gasteiger partial charge in [0.25, 0.3) is 5.91 Å². The molecular formula is C12H11NO4S3. The molecule has 1 aliphatic rings. The fourth-order valence-electron chi connectivity index (χ4n) is 1.53. The second kappa shape index (κ2) is 5.55. The molecule has 0 atom stereocenters. The van der Waals surface area contributed by atoms with Crippen LogP contribution >= 0.6 is 24.0 Å². The summed E-state index contributed by atoms with van der Waals surface area (Å²) in [6.45, 7) is 0. The third-order valence-corrected chi connectivity index (χ3v) is 4.37. The van der Waals surface area contributed by atoms with E-state index in [1.54, 1.807) is 31.3 Å². The Kier molecular flexibility index (Phi) is 4.17. The lowest BCUT2D eigenvalue weighted by atomic mass is 10.2. The van der Waals surface area contributed by atoms with Crippen LogP contribution in [0.5, 0.6) is 5.75 Å². The standard InChI is InChI=1S/C12H11NO4S3/c1-13-11(14)10(19-12(13)18)7-8-4-3-5-9(6-8)17-20(2,15)16/h3-7H,1-2H3/b10-7-. The molecule has 1 amide bonds. The summed E-state index contributed by atoms with van der Waals surface area (Å²) in [5.41, 5.74) is 0.667. The molecule has 1 heterocycles. The normalized spacial score (nSPS) is 17.9. The number of hydrogen-bond acceptors (Lipinski definition) is 6. The fourth-order valence-corrected chi connectivity index (χ4v) is 3.16. The highest BCUT2D eigenvalue weighted by Crippen LogP contribution is 2.31. The first-order valence-electron chi connectivity index (χ1n) is 5.47. The molecule has 0 unspecified atom stereocenters. The lowest BCUT2D eigenvalue weighted by molar-refractivity contribution is -0.121. The first-order valence-corrected chi connectivity index (χ1v) is 8.51. The largest absolute Gasteiger partial charge is 0.383 e. The van der Waals surface area contributed by atoms with Crippen molar-refractivity contribution in [1.29, 1.82) is 0 Å². The van der Waals surface area contributed by atoms with E-state index in [-0.39, 0.29) is 11.7 Å². The van der Waals surface area contributed by atoms with E-state index < -0.39 is 10.1 Å². The summed E-state index contributed by atoms with van der Waals surface area (Å²) in [6.07, 6.45) is 2.62. The van der Waals surface area contributed by atoms with E-state index in [4.69, 9.17) is 16.4 Å². The Morgan fingerprint density at radius 3 is 2.65 bits per heavy atom. The van der Waals surface area contributed by atoms with Gasteiger partial charge in [0.15, 0.2) is 0 Å². The number of likely N-dealkylation sites (N-methyl/N-ethyl adjacent to an activating group) is 1. The topological polar surface area (TPSA) is 63.7 Å². The Bertz CT molecular complexity index is 709. The van der Waals surface area contributed by atoms with Gasteiger partial charge in [0.05, 0.1) is 11.2 Å². The van der Waals surface area contributed by atoms with E-state index in [9.17, 15) is 13.2 Å². The molecule has 1 aromatic rings. The van der Waals surface area contributed by atoms with Crippen molar-refractivity contribution in [2.45, 2.75) is 0 Å². The molecule has 0 spiro atoms. The molecular weight excluding hydrogens is 318 g/mol. The number of carbonyl (C=O) groups excluding carboxylic acids is 1. The van der Waals surface area contributed by atoms with Gasteiger partial charge in [-0.05, 0) is 23.8 Å². The maximum Gasteiger partial charge on any atom is 0.306 e. The highest BCUT2D eigenvalue weighted by molar-refractivity contribution is 8.26. The monoisotopic (exact) mass is 329 g/mol. The van der Waals surface area contributed by atoms with E-state index in [2.05, 4.69) is 0 Å². The lowest BCUT2D eigenvalue weighted by Crippen LogP contribution is -2.22. The van der Waals surface area contributed by atoms with Crippen LogP contribution in [0.15, 0.2) is 29.2 Å². The fraction of sp³-hybridized carbons (Fsp3) is 0.167. The van der Waals surface area contributed by atoms with Gasteiger partial charge in [-0.1, -0.05) is 36.1 Å².